The molecule has 280 valence electrons. The van der Waals surface area contributed by atoms with Gasteiger partial charge in [0.1, 0.15) is 46.6 Å². The standard InChI is InChI=1S/C37H39ClF3N7O4S/c1-35(2,3)52-34(49)46-32-23(15-42)26-21(5-6-25(40)30(26)53-32)27-24(38)13-22-29(28(27)41)44-33(51-19-37-7-4-10-48(37)16-20(39)14-37)45-31(22)47-11-12-50-18-36(17-47)8-9-43-36/h5-6,13,20,43H,4,7-12,14,16-19H2,1-3H3,(H,46,49)/t20-,36?,37+/m1/s1. The maximum Gasteiger partial charge on any atom is 0.412 e. The third kappa shape index (κ3) is 6.52. The van der Waals surface area contributed by atoms with Crippen molar-refractivity contribution >= 4 is 60.8 Å². The summed E-state index contributed by atoms with van der Waals surface area (Å²) in [4.78, 5) is 26.3. The lowest BCUT2D eigenvalue weighted by Gasteiger charge is -2.44. The highest BCUT2D eigenvalue weighted by atomic mass is 35.5. The van der Waals surface area contributed by atoms with E-state index in [2.05, 4.69) is 26.6 Å². The Balaban J connectivity index is 1.26. The molecule has 2 N–H and O–H groups in total. The summed E-state index contributed by atoms with van der Waals surface area (Å²) in [6, 6.07) is 6.10. The third-order valence-electron chi connectivity index (χ3n) is 10.6. The van der Waals surface area contributed by atoms with E-state index in [4.69, 9.17) is 30.8 Å². The summed E-state index contributed by atoms with van der Waals surface area (Å²) < 4.78 is 65.0. The molecule has 53 heavy (non-hydrogen) atoms. The van der Waals surface area contributed by atoms with Crippen LogP contribution in [-0.4, -0.2) is 96.4 Å². The van der Waals surface area contributed by atoms with Gasteiger partial charge < -0.3 is 24.4 Å². The molecule has 1 amide bonds. The second-order valence-electron chi connectivity index (χ2n) is 15.4. The van der Waals surface area contributed by atoms with Gasteiger partial charge in [-0.25, -0.2) is 18.0 Å². The monoisotopic (exact) mass is 769 g/mol. The number of carbonyl (C=O) groups excluding carboxylic acids is 1. The fourth-order valence-corrected chi connectivity index (χ4v) is 9.54. The number of nitrogens with one attached hydrogen (secondary N) is 2. The van der Waals surface area contributed by atoms with E-state index in [9.17, 15) is 14.4 Å². The number of carbonyl (C=O) groups is 1. The topological polar surface area (TPSA) is 125 Å². The minimum atomic E-state index is -0.958. The Hall–Kier alpha value is -3.94. The maximum atomic E-state index is 17.3. The van der Waals surface area contributed by atoms with E-state index < -0.39 is 35.0 Å². The lowest BCUT2D eigenvalue weighted by molar-refractivity contribution is 0.0593. The van der Waals surface area contributed by atoms with Crippen LogP contribution < -0.4 is 20.3 Å². The summed E-state index contributed by atoms with van der Waals surface area (Å²) in [5.74, 6) is -1.07. The number of thiophene rings is 1. The van der Waals surface area contributed by atoms with Gasteiger partial charge in [-0.2, -0.15) is 15.2 Å². The average molecular weight is 770 g/mol. The third-order valence-corrected chi connectivity index (χ3v) is 12.1. The number of fused-ring (bicyclic) bond motifs is 3. The normalized spacial score (nSPS) is 24.6. The molecular formula is C37H39ClF3N7O4S. The van der Waals surface area contributed by atoms with E-state index in [0.717, 1.165) is 43.7 Å². The molecule has 0 radical (unpaired) electrons. The Kier molecular flexibility index (Phi) is 9.13. The number of nitrogens with zero attached hydrogens (tertiary/aromatic N) is 5. The van der Waals surface area contributed by atoms with Crippen LogP contribution in [0.3, 0.4) is 0 Å². The van der Waals surface area contributed by atoms with Crippen LogP contribution in [0.1, 0.15) is 52.0 Å². The number of hydrogen-bond donors (Lipinski definition) is 2. The molecule has 4 fully saturated rings. The van der Waals surface area contributed by atoms with Gasteiger partial charge in [0.05, 0.1) is 39.6 Å². The van der Waals surface area contributed by atoms with Gasteiger partial charge in [0.25, 0.3) is 0 Å². The van der Waals surface area contributed by atoms with Crippen LogP contribution in [0.15, 0.2) is 18.2 Å². The molecule has 1 unspecified atom stereocenters. The summed E-state index contributed by atoms with van der Waals surface area (Å²) in [5.41, 5.74) is -1.73. The predicted molar refractivity (Wildman–Crippen MR) is 197 cm³/mol. The molecule has 11 nitrogen and oxygen atoms in total. The van der Waals surface area contributed by atoms with Gasteiger partial charge in [0.2, 0.25) is 0 Å². The Morgan fingerprint density at radius 3 is 2.81 bits per heavy atom. The van der Waals surface area contributed by atoms with Crippen molar-refractivity contribution in [3.05, 3.63) is 40.4 Å². The quantitative estimate of drug-likeness (QED) is 0.208. The van der Waals surface area contributed by atoms with Crippen molar-refractivity contribution in [3.8, 4) is 23.2 Å². The highest BCUT2D eigenvalue weighted by Crippen LogP contribution is 2.47. The lowest BCUT2D eigenvalue weighted by Crippen LogP contribution is -2.64. The zero-order valence-corrected chi connectivity index (χ0v) is 31.2. The largest absolute Gasteiger partial charge is 0.461 e. The van der Waals surface area contributed by atoms with Gasteiger partial charge in [-0.3, -0.25) is 10.2 Å². The first-order valence-corrected chi connectivity index (χ1v) is 18.9. The number of benzene rings is 2. The van der Waals surface area contributed by atoms with Crippen molar-refractivity contribution < 1.29 is 32.2 Å². The van der Waals surface area contributed by atoms with Crippen LogP contribution in [0, 0.1) is 23.0 Å². The molecular weight excluding hydrogens is 731 g/mol. The number of halogens is 4. The van der Waals surface area contributed by atoms with Crippen LogP contribution in [0.4, 0.5) is 28.8 Å². The minimum absolute atomic E-state index is 0.0128. The van der Waals surface area contributed by atoms with Crippen molar-refractivity contribution in [2.45, 2.75) is 69.3 Å². The average Bonchev–Trinajstić information content (AvgIpc) is 3.66. The first-order chi connectivity index (χ1) is 25.3. The molecule has 4 saturated heterocycles. The number of ether oxygens (including phenoxy) is 3. The van der Waals surface area contributed by atoms with Crippen molar-refractivity contribution in [2.24, 2.45) is 0 Å². The van der Waals surface area contributed by atoms with Crippen molar-refractivity contribution in [1.29, 1.82) is 5.26 Å². The van der Waals surface area contributed by atoms with Gasteiger partial charge in [-0.15, -0.1) is 11.3 Å². The molecule has 2 aromatic carbocycles. The minimum Gasteiger partial charge on any atom is -0.461 e. The van der Waals surface area contributed by atoms with Gasteiger partial charge >= 0.3 is 12.1 Å². The second-order valence-corrected chi connectivity index (χ2v) is 16.8. The van der Waals surface area contributed by atoms with Gasteiger partial charge in [-0.1, -0.05) is 17.7 Å². The molecule has 0 bridgehead atoms. The smallest absolute Gasteiger partial charge is 0.412 e. The molecule has 8 rings (SSSR count). The predicted octanol–water partition coefficient (Wildman–Crippen LogP) is 7.19. The molecule has 4 aliphatic rings. The molecule has 16 heteroatoms. The fourth-order valence-electron chi connectivity index (χ4n) is 8.18. The Morgan fingerprint density at radius 1 is 1.26 bits per heavy atom. The van der Waals surface area contributed by atoms with Crippen LogP contribution in [-0.2, 0) is 9.47 Å². The molecule has 3 atom stereocenters. The van der Waals surface area contributed by atoms with E-state index in [1.807, 2.05) is 4.90 Å². The summed E-state index contributed by atoms with van der Waals surface area (Å²) in [6.07, 6.45) is 1.14. The van der Waals surface area contributed by atoms with Gasteiger partial charge in [0, 0.05) is 42.4 Å². The number of nitriles is 1. The van der Waals surface area contributed by atoms with Crippen LogP contribution in [0.2, 0.25) is 5.02 Å². The highest BCUT2D eigenvalue weighted by molar-refractivity contribution is 7.23. The number of rotatable bonds is 6. The Labute approximate surface area is 313 Å². The molecule has 2 aromatic heterocycles. The van der Waals surface area contributed by atoms with Gasteiger partial charge in [-0.05, 0) is 70.8 Å². The molecule has 6 heterocycles. The fraction of sp³-hybridized carbons (Fsp3) is 0.514. The number of anilines is 2. The van der Waals surface area contributed by atoms with Crippen LogP contribution >= 0.6 is 22.9 Å². The first-order valence-electron chi connectivity index (χ1n) is 17.7. The van der Waals surface area contributed by atoms with E-state index in [1.165, 1.54) is 12.1 Å². The summed E-state index contributed by atoms with van der Waals surface area (Å²) in [5, 5.41) is 16.8. The van der Waals surface area contributed by atoms with Gasteiger partial charge in [0.15, 0.2) is 5.82 Å². The molecule has 0 aliphatic carbocycles. The van der Waals surface area contributed by atoms with E-state index in [1.54, 1.807) is 26.8 Å². The second kappa shape index (κ2) is 13.4. The first kappa shape index (κ1) is 36.1. The summed E-state index contributed by atoms with van der Waals surface area (Å²) >= 11 is 7.79. The number of hydrogen-bond acceptors (Lipinski definition) is 11. The number of alkyl halides is 1. The van der Waals surface area contributed by atoms with Crippen molar-refractivity contribution in [1.82, 2.24) is 20.2 Å². The van der Waals surface area contributed by atoms with E-state index in [0.29, 0.717) is 50.5 Å². The van der Waals surface area contributed by atoms with Crippen molar-refractivity contribution in [3.63, 3.8) is 0 Å². The summed E-state index contributed by atoms with van der Waals surface area (Å²) in [6.45, 7) is 9.12. The number of amides is 1. The van der Waals surface area contributed by atoms with Crippen LogP contribution in [0.5, 0.6) is 6.01 Å². The SMILES string of the molecule is CC(C)(C)OC(=O)Nc1sc2c(F)ccc(-c3c(Cl)cc4c(N5CCOCC6(CCN6)C5)nc(OC[C@@]56CCCN5C[C@H](F)C6)nc4c3F)c2c1C#N. The Morgan fingerprint density at radius 2 is 2.08 bits per heavy atom. The Bertz CT molecular complexity index is 2170. The lowest BCUT2D eigenvalue weighted by atomic mass is 9.88. The molecule has 4 aromatic rings. The highest BCUT2D eigenvalue weighted by Gasteiger charge is 2.49. The molecule has 0 saturated carbocycles. The zero-order chi connectivity index (χ0) is 37.3. The van der Waals surface area contributed by atoms with E-state index >= 15 is 8.78 Å². The molecule has 4 aliphatic heterocycles. The van der Waals surface area contributed by atoms with E-state index in [-0.39, 0.29) is 60.5 Å². The maximum absolute atomic E-state index is 17.3. The summed E-state index contributed by atoms with van der Waals surface area (Å²) in [7, 11) is 0. The van der Waals surface area contributed by atoms with Crippen molar-refractivity contribution in [2.75, 3.05) is 62.8 Å². The number of aromatic nitrogens is 2. The molecule has 1 spiro atoms. The zero-order valence-electron chi connectivity index (χ0n) is 29.6. The van der Waals surface area contributed by atoms with Crippen LogP contribution in [0.25, 0.3) is 32.1 Å².